The second-order valence-electron chi connectivity index (χ2n) is 5.88. The van der Waals surface area contributed by atoms with Gasteiger partial charge < -0.3 is 10.6 Å². The molecule has 1 heterocycles. The second kappa shape index (κ2) is 7.10. The van der Waals surface area contributed by atoms with Crippen LogP contribution in [-0.4, -0.2) is 43.6 Å². The summed E-state index contributed by atoms with van der Waals surface area (Å²) in [5.41, 5.74) is 6.55. The molecule has 22 heavy (non-hydrogen) atoms. The number of piperidine rings is 1. The predicted octanol–water partition coefficient (Wildman–Crippen LogP) is 1.70. The van der Waals surface area contributed by atoms with Crippen molar-refractivity contribution in [3.05, 3.63) is 34.3 Å². The average Bonchev–Trinajstić information content (AvgIpc) is 2.36. The van der Waals surface area contributed by atoms with Crippen LogP contribution in [0.1, 0.15) is 25.3 Å². The zero-order valence-electron chi connectivity index (χ0n) is 12.5. The fraction of sp³-hybridized carbons (Fsp3) is 0.533. The van der Waals surface area contributed by atoms with Gasteiger partial charge in [0, 0.05) is 23.1 Å². The highest BCUT2D eigenvalue weighted by atomic mass is 79.9. The molecule has 0 aliphatic carbocycles. The van der Waals surface area contributed by atoms with Crippen LogP contribution in [0.5, 0.6) is 0 Å². The van der Waals surface area contributed by atoms with Gasteiger partial charge >= 0.3 is 0 Å². The molecule has 1 aliphatic heterocycles. The van der Waals surface area contributed by atoms with Crippen molar-refractivity contribution in [2.24, 2.45) is 5.73 Å². The monoisotopic (exact) mass is 388 g/mol. The summed E-state index contributed by atoms with van der Waals surface area (Å²) in [6, 6.07) is 7.21. The van der Waals surface area contributed by atoms with Crippen molar-refractivity contribution >= 4 is 31.7 Å². The molecule has 2 N–H and O–H groups in total. The average molecular weight is 389 g/mol. The Kier molecular flexibility index (Phi) is 5.63. The quantitative estimate of drug-likeness (QED) is 0.850. The summed E-state index contributed by atoms with van der Waals surface area (Å²) < 4.78 is 25.3. The Morgan fingerprint density at radius 2 is 2.18 bits per heavy atom. The maximum Gasteiger partial charge on any atom is 0.238 e. The van der Waals surface area contributed by atoms with Crippen LogP contribution in [0.25, 0.3) is 0 Å². The second-order valence-corrected chi connectivity index (χ2v) is 8.86. The minimum Gasteiger partial charge on any atom is -0.339 e. The van der Waals surface area contributed by atoms with E-state index >= 15 is 0 Å². The van der Waals surface area contributed by atoms with Crippen molar-refractivity contribution in [3.8, 4) is 0 Å². The number of carbonyl (C=O) groups excluding carboxylic acids is 1. The molecule has 0 radical (unpaired) electrons. The first-order valence-electron chi connectivity index (χ1n) is 7.27. The highest BCUT2D eigenvalue weighted by molar-refractivity contribution is 9.10. The summed E-state index contributed by atoms with van der Waals surface area (Å²) in [6.07, 6.45) is 1.44. The highest BCUT2D eigenvalue weighted by Crippen LogP contribution is 2.18. The van der Waals surface area contributed by atoms with E-state index in [1.165, 1.54) is 0 Å². The number of rotatable bonds is 4. The van der Waals surface area contributed by atoms with Gasteiger partial charge in [0.2, 0.25) is 5.91 Å². The van der Waals surface area contributed by atoms with E-state index in [4.69, 9.17) is 5.73 Å². The van der Waals surface area contributed by atoms with Crippen LogP contribution in [0.3, 0.4) is 0 Å². The Bertz CT molecular complexity index is 648. The zero-order valence-corrected chi connectivity index (χ0v) is 14.9. The van der Waals surface area contributed by atoms with Gasteiger partial charge in [-0.3, -0.25) is 4.79 Å². The molecule has 1 amide bonds. The number of hydrogen-bond donors (Lipinski definition) is 1. The molecule has 1 aromatic carbocycles. The lowest BCUT2D eigenvalue weighted by molar-refractivity contribution is -0.131. The van der Waals surface area contributed by atoms with Crippen LogP contribution in [0.15, 0.2) is 28.7 Å². The number of sulfone groups is 1. The van der Waals surface area contributed by atoms with Gasteiger partial charge in [0.15, 0.2) is 9.84 Å². The summed E-state index contributed by atoms with van der Waals surface area (Å²) in [7, 11) is -3.48. The smallest absolute Gasteiger partial charge is 0.238 e. The van der Waals surface area contributed by atoms with Gasteiger partial charge in [-0.15, -0.1) is 0 Å². The number of halogens is 1. The summed E-state index contributed by atoms with van der Waals surface area (Å²) in [6.45, 7) is 2.45. The lowest BCUT2D eigenvalue weighted by Crippen LogP contribution is -2.50. The van der Waals surface area contributed by atoms with Gasteiger partial charge in [0.1, 0.15) is 5.75 Å². The van der Waals surface area contributed by atoms with E-state index in [1.807, 2.05) is 13.0 Å². The number of carbonyl (C=O) groups is 1. The minimum atomic E-state index is -3.48. The molecule has 1 aliphatic rings. The van der Waals surface area contributed by atoms with Crippen molar-refractivity contribution < 1.29 is 13.2 Å². The van der Waals surface area contributed by atoms with Crippen LogP contribution in [0.4, 0.5) is 0 Å². The molecule has 1 aromatic rings. The van der Waals surface area contributed by atoms with Crippen LogP contribution in [0.2, 0.25) is 0 Å². The number of likely N-dealkylation sites (tertiary alicyclic amines) is 1. The molecule has 122 valence electrons. The fourth-order valence-electron chi connectivity index (χ4n) is 2.78. The highest BCUT2D eigenvalue weighted by Gasteiger charge is 2.29. The van der Waals surface area contributed by atoms with E-state index in [2.05, 4.69) is 15.9 Å². The first-order valence-corrected chi connectivity index (χ1v) is 9.88. The van der Waals surface area contributed by atoms with Crippen molar-refractivity contribution in [2.45, 2.75) is 37.6 Å². The summed E-state index contributed by atoms with van der Waals surface area (Å²) >= 11 is 3.31. The lowest BCUT2D eigenvalue weighted by Gasteiger charge is -2.36. The summed E-state index contributed by atoms with van der Waals surface area (Å²) in [5, 5.41) is 0. The minimum absolute atomic E-state index is 0.00248. The van der Waals surface area contributed by atoms with E-state index in [1.54, 1.807) is 23.1 Å². The van der Waals surface area contributed by atoms with E-state index in [-0.39, 0.29) is 23.7 Å². The molecule has 1 fully saturated rings. The largest absolute Gasteiger partial charge is 0.339 e. The number of hydrogen-bond acceptors (Lipinski definition) is 4. The first-order chi connectivity index (χ1) is 10.3. The lowest BCUT2D eigenvalue weighted by atomic mass is 9.99. The number of nitrogens with zero attached hydrogens (tertiary/aromatic N) is 1. The van der Waals surface area contributed by atoms with Gasteiger partial charge in [0.05, 0.1) is 5.75 Å². The molecule has 0 spiro atoms. The predicted molar refractivity (Wildman–Crippen MR) is 90.0 cm³/mol. The van der Waals surface area contributed by atoms with Gasteiger partial charge in [0.25, 0.3) is 0 Å². The molecule has 1 saturated heterocycles. The Labute approximate surface area is 139 Å². The van der Waals surface area contributed by atoms with Gasteiger partial charge in [-0.25, -0.2) is 8.42 Å². The van der Waals surface area contributed by atoms with E-state index in [0.717, 1.165) is 17.3 Å². The van der Waals surface area contributed by atoms with Crippen LogP contribution < -0.4 is 5.73 Å². The molecule has 2 rings (SSSR count). The number of nitrogens with two attached hydrogens (primary N) is 1. The molecule has 7 heteroatoms. The maximum atomic E-state index is 12.3. The molecular formula is C15H21BrN2O3S. The van der Waals surface area contributed by atoms with Crippen LogP contribution in [0, 0.1) is 0 Å². The summed E-state index contributed by atoms with van der Waals surface area (Å²) in [5.74, 6) is -0.895. The van der Waals surface area contributed by atoms with Gasteiger partial charge in [-0.1, -0.05) is 28.1 Å². The molecule has 0 aromatic heterocycles. The van der Waals surface area contributed by atoms with Gasteiger partial charge in [-0.2, -0.15) is 0 Å². The normalized spacial score (nSPS) is 22.6. The topological polar surface area (TPSA) is 80.5 Å². The Hall–Kier alpha value is -0.920. The Morgan fingerprint density at radius 3 is 2.82 bits per heavy atom. The van der Waals surface area contributed by atoms with Crippen molar-refractivity contribution in [3.63, 3.8) is 0 Å². The third-order valence-electron chi connectivity index (χ3n) is 3.86. The SMILES string of the molecule is CC1CC(N)CCN1C(=O)CS(=O)(=O)Cc1cccc(Br)c1. The first kappa shape index (κ1) is 17.4. The van der Waals surface area contributed by atoms with Gasteiger partial charge in [-0.05, 0) is 37.5 Å². The standard InChI is InChI=1S/C15H21BrN2O3S/c1-11-7-14(17)5-6-18(11)15(19)10-22(20,21)9-12-3-2-4-13(16)8-12/h2-4,8,11,14H,5-7,9-10,17H2,1H3. The van der Waals surface area contributed by atoms with Crippen LogP contribution >= 0.6 is 15.9 Å². The van der Waals surface area contributed by atoms with E-state index in [9.17, 15) is 13.2 Å². The van der Waals surface area contributed by atoms with Crippen LogP contribution in [-0.2, 0) is 20.4 Å². The third-order valence-corrected chi connectivity index (χ3v) is 5.81. The summed E-state index contributed by atoms with van der Waals surface area (Å²) in [4.78, 5) is 13.9. The fourth-order valence-corrected chi connectivity index (χ4v) is 4.56. The molecule has 0 bridgehead atoms. The number of benzene rings is 1. The number of amides is 1. The maximum absolute atomic E-state index is 12.3. The van der Waals surface area contributed by atoms with Crippen molar-refractivity contribution in [2.75, 3.05) is 12.3 Å². The van der Waals surface area contributed by atoms with Crippen molar-refractivity contribution in [1.82, 2.24) is 4.90 Å². The zero-order chi connectivity index (χ0) is 16.3. The van der Waals surface area contributed by atoms with E-state index in [0.29, 0.717) is 12.1 Å². The Morgan fingerprint density at radius 1 is 1.45 bits per heavy atom. The van der Waals surface area contributed by atoms with E-state index < -0.39 is 15.6 Å². The molecule has 0 saturated carbocycles. The molecule has 5 nitrogen and oxygen atoms in total. The Balaban J connectivity index is 2.00. The molecule has 2 unspecified atom stereocenters. The third kappa shape index (κ3) is 4.79. The molecule has 2 atom stereocenters. The molecular weight excluding hydrogens is 368 g/mol. The van der Waals surface area contributed by atoms with Crippen molar-refractivity contribution in [1.29, 1.82) is 0 Å².